The molecule has 1 aromatic rings. The minimum Gasteiger partial charge on any atom is -0.397 e. The average Bonchev–Trinajstić information content (AvgIpc) is 2.42. The lowest BCUT2D eigenvalue weighted by atomic mass is 10.1. The van der Waals surface area contributed by atoms with Crippen molar-refractivity contribution in [3.63, 3.8) is 0 Å². The van der Waals surface area contributed by atoms with Gasteiger partial charge in [0.1, 0.15) is 0 Å². The fraction of sp³-hybridized carbons (Fsp3) is 0.500. The Hall–Kier alpha value is -1.79. The second kappa shape index (κ2) is 6.58. The maximum absolute atomic E-state index is 11.4. The second-order valence-electron chi connectivity index (χ2n) is 5.09. The van der Waals surface area contributed by atoms with Crippen LogP contribution in [0.3, 0.4) is 0 Å². The van der Waals surface area contributed by atoms with Gasteiger partial charge in [0, 0.05) is 25.7 Å². The summed E-state index contributed by atoms with van der Waals surface area (Å²) < 4.78 is 5.33. The third kappa shape index (κ3) is 3.61. The third-order valence-corrected chi connectivity index (χ3v) is 3.39. The predicted molar refractivity (Wildman–Crippen MR) is 79.7 cm³/mol. The number of morpholine rings is 1. The smallest absolute Gasteiger partial charge is 0.250 e. The van der Waals surface area contributed by atoms with Gasteiger partial charge in [-0.05, 0) is 19.1 Å². The van der Waals surface area contributed by atoms with E-state index in [9.17, 15) is 4.79 Å². The van der Waals surface area contributed by atoms with E-state index < -0.39 is 5.91 Å². The van der Waals surface area contributed by atoms with Gasteiger partial charge in [0.05, 0.1) is 30.2 Å². The molecule has 1 heterocycles. The molecular weight excluding hydrogens is 256 g/mol. The van der Waals surface area contributed by atoms with E-state index in [0.717, 1.165) is 32.8 Å². The Bertz CT molecular complexity index is 472. The molecule has 0 radical (unpaired) electrons. The number of nitrogens with zero attached hydrogens (tertiary/aromatic N) is 1. The van der Waals surface area contributed by atoms with Crippen molar-refractivity contribution >= 4 is 17.3 Å². The molecule has 1 aromatic carbocycles. The molecule has 6 heteroatoms. The molecule has 0 aliphatic carbocycles. The van der Waals surface area contributed by atoms with Gasteiger partial charge in [0.15, 0.2) is 0 Å². The van der Waals surface area contributed by atoms with E-state index in [1.165, 1.54) is 0 Å². The van der Waals surface area contributed by atoms with E-state index in [1.54, 1.807) is 18.2 Å². The van der Waals surface area contributed by atoms with Crippen LogP contribution in [0.15, 0.2) is 18.2 Å². The zero-order valence-electron chi connectivity index (χ0n) is 11.8. The van der Waals surface area contributed by atoms with Gasteiger partial charge < -0.3 is 21.5 Å². The SMILES string of the molecule is CC(CN1CCOCC1)Nc1c(N)cccc1C(N)=O. The van der Waals surface area contributed by atoms with E-state index >= 15 is 0 Å². The summed E-state index contributed by atoms with van der Waals surface area (Å²) in [5.41, 5.74) is 12.9. The summed E-state index contributed by atoms with van der Waals surface area (Å²) in [6.07, 6.45) is 0. The van der Waals surface area contributed by atoms with Crippen LogP contribution in [0, 0.1) is 0 Å². The number of amides is 1. The molecule has 0 bridgehead atoms. The fourth-order valence-electron chi connectivity index (χ4n) is 2.40. The Morgan fingerprint density at radius 2 is 2.15 bits per heavy atom. The van der Waals surface area contributed by atoms with Crippen LogP contribution in [0.1, 0.15) is 17.3 Å². The van der Waals surface area contributed by atoms with Gasteiger partial charge in [0.25, 0.3) is 5.91 Å². The van der Waals surface area contributed by atoms with Crippen LogP contribution < -0.4 is 16.8 Å². The number of primary amides is 1. The molecule has 0 spiro atoms. The minimum atomic E-state index is -0.474. The summed E-state index contributed by atoms with van der Waals surface area (Å²) in [7, 11) is 0. The Morgan fingerprint density at radius 1 is 1.45 bits per heavy atom. The van der Waals surface area contributed by atoms with E-state index in [4.69, 9.17) is 16.2 Å². The third-order valence-electron chi connectivity index (χ3n) is 3.39. The topological polar surface area (TPSA) is 93.6 Å². The van der Waals surface area contributed by atoms with E-state index in [2.05, 4.69) is 17.1 Å². The van der Waals surface area contributed by atoms with Crippen LogP contribution in [-0.2, 0) is 4.74 Å². The van der Waals surface area contributed by atoms with Crippen LogP contribution in [0.5, 0.6) is 0 Å². The van der Waals surface area contributed by atoms with Crippen LogP contribution in [0.4, 0.5) is 11.4 Å². The van der Waals surface area contributed by atoms with E-state index in [0.29, 0.717) is 16.9 Å². The lowest BCUT2D eigenvalue weighted by Crippen LogP contribution is -2.42. The van der Waals surface area contributed by atoms with Crippen molar-refractivity contribution in [3.8, 4) is 0 Å². The number of carbonyl (C=O) groups excluding carboxylic acids is 1. The van der Waals surface area contributed by atoms with Crippen molar-refractivity contribution in [3.05, 3.63) is 23.8 Å². The first-order valence-electron chi connectivity index (χ1n) is 6.83. The normalized spacial score (nSPS) is 17.6. The van der Waals surface area contributed by atoms with Crippen LogP contribution in [-0.4, -0.2) is 49.7 Å². The zero-order chi connectivity index (χ0) is 14.5. The number of rotatable bonds is 5. The van der Waals surface area contributed by atoms with Gasteiger partial charge in [-0.25, -0.2) is 0 Å². The average molecular weight is 278 g/mol. The van der Waals surface area contributed by atoms with Crippen molar-refractivity contribution in [1.82, 2.24) is 4.90 Å². The Morgan fingerprint density at radius 3 is 2.80 bits per heavy atom. The summed E-state index contributed by atoms with van der Waals surface area (Å²) in [6.45, 7) is 6.33. The summed E-state index contributed by atoms with van der Waals surface area (Å²) in [5.74, 6) is -0.474. The van der Waals surface area contributed by atoms with Gasteiger partial charge in [0.2, 0.25) is 0 Å². The molecule has 20 heavy (non-hydrogen) atoms. The standard InChI is InChI=1S/C14H22N4O2/c1-10(9-18-5-7-20-8-6-18)17-13-11(14(16)19)3-2-4-12(13)15/h2-4,10,17H,5-9,15H2,1H3,(H2,16,19). The Kier molecular flexibility index (Phi) is 4.81. The molecule has 6 nitrogen and oxygen atoms in total. The monoisotopic (exact) mass is 278 g/mol. The molecule has 0 saturated carbocycles. The fourth-order valence-corrected chi connectivity index (χ4v) is 2.40. The highest BCUT2D eigenvalue weighted by atomic mass is 16.5. The molecule has 1 unspecified atom stereocenters. The molecule has 1 saturated heterocycles. The van der Waals surface area contributed by atoms with Crippen molar-refractivity contribution in [2.75, 3.05) is 43.9 Å². The summed E-state index contributed by atoms with van der Waals surface area (Å²) >= 11 is 0. The number of nitrogens with two attached hydrogens (primary N) is 2. The number of ether oxygens (including phenoxy) is 1. The van der Waals surface area contributed by atoms with Gasteiger partial charge in [-0.15, -0.1) is 0 Å². The molecule has 1 amide bonds. The highest BCUT2D eigenvalue weighted by Gasteiger charge is 2.17. The van der Waals surface area contributed by atoms with Crippen LogP contribution in [0.2, 0.25) is 0 Å². The largest absolute Gasteiger partial charge is 0.397 e. The number of para-hydroxylation sites is 1. The molecule has 5 N–H and O–H groups in total. The number of hydrogen-bond donors (Lipinski definition) is 3. The molecule has 110 valence electrons. The minimum absolute atomic E-state index is 0.163. The number of carbonyl (C=O) groups is 1. The number of benzene rings is 1. The number of hydrogen-bond acceptors (Lipinski definition) is 5. The maximum atomic E-state index is 11.4. The Labute approximate surface area is 119 Å². The van der Waals surface area contributed by atoms with Crippen LogP contribution >= 0.6 is 0 Å². The first-order valence-corrected chi connectivity index (χ1v) is 6.83. The summed E-state index contributed by atoms with van der Waals surface area (Å²) in [4.78, 5) is 13.8. The van der Waals surface area contributed by atoms with Gasteiger partial charge >= 0.3 is 0 Å². The van der Waals surface area contributed by atoms with Crippen molar-refractivity contribution < 1.29 is 9.53 Å². The maximum Gasteiger partial charge on any atom is 0.250 e. The van der Waals surface area contributed by atoms with Crippen LogP contribution in [0.25, 0.3) is 0 Å². The number of nitrogen functional groups attached to an aromatic ring is 1. The van der Waals surface area contributed by atoms with E-state index in [1.807, 2.05) is 0 Å². The van der Waals surface area contributed by atoms with Crippen molar-refractivity contribution in [2.45, 2.75) is 13.0 Å². The highest BCUT2D eigenvalue weighted by molar-refractivity contribution is 6.01. The second-order valence-corrected chi connectivity index (χ2v) is 5.09. The summed E-state index contributed by atoms with van der Waals surface area (Å²) in [6, 6.07) is 5.34. The zero-order valence-corrected chi connectivity index (χ0v) is 11.8. The molecular formula is C14H22N4O2. The molecule has 0 aromatic heterocycles. The van der Waals surface area contributed by atoms with Crippen molar-refractivity contribution in [1.29, 1.82) is 0 Å². The molecule has 1 atom stereocenters. The molecule has 2 rings (SSSR count). The van der Waals surface area contributed by atoms with Gasteiger partial charge in [-0.3, -0.25) is 9.69 Å². The lowest BCUT2D eigenvalue weighted by Gasteiger charge is -2.30. The first kappa shape index (κ1) is 14.6. The molecule has 1 aliphatic rings. The van der Waals surface area contributed by atoms with Gasteiger partial charge in [-0.1, -0.05) is 6.07 Å². The summed E-state index contributed by atoms with van der Waals surface area (Å²) in [5, 5.41) is 3.30. The quantitative estimate of drug-likeness (QED) is 0.682. The predicted octanol–water partition coefficient (Wildman–Crippen LogP) is 0.500. The molecule has 1 fully saturated rings. The Balaban J connectivity index is 2.03. The highest BCUT2D eigenvalue weighted by Crippen LogP contribution is 2.24. The lowest BCUT2D eigenvalue weighted by molar-refractivity contribution is 0.0368. The van der Waals surface area contributed by atoms with Crippen molar-refractivity contribution in [2.24, 2.45) is 5.73 Å². The first-order chi connectivity index (χ1) is 9.58. The van der Waals surface area contributed by atoms with E-state index in [-0.39, 0.29) is 6.04 Å². The number of nitrogens with one attached hydrogen (secondary N) is 1. The number of anilines is 2. The molecule has 1 aliphatic heterocycles. The van der Waals surface area contributed by atoms with Gasteiger partial charge in [-0.2, -0.15) is 0 Å².